The number of allylic oxidation sites excluding steroid dienone is 1. The third-order valence-electron chi connectivity index (χ3n) is 3.67. The SMILES string of the molecule is CCOc1cc2c(cc1/C=C(\C#N)C(=O)C(C)(C)C)O[C@@H](C)C2. The molecule has 1 aromatic rings. The molecule has 0 saturated heterocycles. The van der Waals surface area contributed by atoms with Gasteiger partial charge in [-0.2, -0.15) is 5.26 Å². The van der Waals surface area contributed by atoms with Gasteiger partial charge in [0.15, 0.2) is 5.78 Å². The van der Waals surface area contributed by atoms with Crippen molar-refractivity contribution >= 4 is 11.9 Å². The summed E-state index contributed by atoms with van der Waals surface area (Å²) in [6.45, 7) is 9.85. The lowest BCUT2D eigenvalue weighted by Crippen LogP contribution is -2.21. The number of hydrogen-bond acceptors (Lipinski definition) is 4. The van der Waals surface area contributed by atoms with E-state index < -0.39 is 5.41 Å². The second-order valence-corrected chi connectivity index (χ2v) is 6.81. The van der Waals surface area contributed by atoms with Crippen LogP contribution >= 0.6 is 0 Å². The summed E-state index contributed by atoms with van der Waals surface area (Å²) in [6, 6.07) is 5.83. The number of rotatable bonds is 4. The van der Waals surface area contributed by atoms with Gasteiger partial charge >= 0.3 is 0 Å². The minimum atomic E-state index is -0.602. The fraction of sp³-hybridized carbons (Fsp3) is 0.474. The Labute approximate surface area is 137 Å². The van der Waals surface area contributed by atoms with Gasteiger partial charge in [-0.15, -0.1) is 0 Å². The topological polar surface area (TPSA) is 59.3 Å². The van der Waals surface area contributed by atoms with Crippen molar-refractivity contribution in [2.24, 2.45) is 5.41 Å². The number of carbonyl (C=O) groups is 1. The first-order valence-corrected chi connectivity index (χ1v) is 7.89. The van der Waals surface area contributed by atoms with Crippen LogP contribution in [0.5, 0.6) is 11.5 Å². The predicted octanol–water partition coefficient (Wildman–Crippen LogP) is 3.93. The Kier molecular flexibility index (Phi) is 4.79. The predicted molar refractivity (Wildman–Crippen MR) is 89.5 cm³/mol. The van der Waals surface area contributed by atoms with Crippen molar-refractivity contribution < 1.29 is 14.3 Å². The molecule has 0 amide bonds. The summed E-state index contributed by atoms with van der Waals surface area (Å²) in [6.07, 6.45) is 2.57. The first-order chi connectivity index (χ1) is 10.8. The van der Waals surface area contributed by atoms with E-state index in [0.717, 1.165) is 17.7 Å². The van der Waals surface area contributed by atoms with Gasteiger partial charge in [0.2, 0.25) is 0 Å². The minimum Gasteiger partial charge on any atom is -0.493 e. The lowest BCUT2D eigenvalue weighted by molar-refractivity contribution is -0.121. The molecule has 0 saturated carbocycles. The minimum absolute atomic E-state index is 0.129. The third-order valence-corrected chi connectivity index (χ3v) is 3.67. The van der Waals surface area contributed by atoms with Crippen LogP contribution in [-0.2, 0) is 11.2 Å². The highest BCUT2D eigenvalue weighted by Crippen LogP contribution is 2.36. The number of ether oxygens (including phenoxy) is 2. The van der Waals surface area contributed by atoms with Crippen molar-refractivity contribution in [1.82, 2.24) is 0 Å². The van der Waals surface area contributed by atoms with Gasteiger partial charge in [-0.1, -0.05) is 20.8 Å². The van der Waals surface area contributed by atoms with Crippen molar-refractivity contribution in [2.45, 2.75) is 47.1 Å². The molecule has 0 unspecified atom stereocenters. The highest BCUT2D eigenvalue weighted by molar-refractivity contribution is 6.06. The van der Waals surface area contributed by atoms with Crippen molar-refractivity contribution in [3.63, 3.8) is 0 Å². The Balaban J connectivity index is 2.49. The highest BCUT2D eigenvalue weighted by atomic mass is 16.5. The zero-order chi connectivity index (χ0) is 17.2. The molecule has 23 heavy (non-hydrogen) atoms. The summed E-state index contributed by atoms with van der Waals surface area (Å²) in [5, 5.41) is 9.37. The van der Waals surface area contributed by atoms with Gasteiger partial charge in [0.05, 0.1) is 12.2 Å². The van der Waals surface area contributed by atoms with Crippen LogP contribution in [0.3, 0.4) is 0 Å². The van der Waals surface area contributed by atoms with Crippen molar-refractivity contribution in [3.8, 4) is 17.6 Å². The quantitative estimate of drug-likeness (QED) is 0.624. The third kappa shape index (κ3) is 3.73. The maximum atomic E-state index is 12.4. The lowest BCUT2D eigenvalue weighted by atomic mass is 9.86. The van der Waals surface area contributed by atoms with Gasteiger partial charge in [0.1, 0.15) is 23.7 Å². The Hall–Kier alpha value is -2.28. The average molecular weight is 313 g/mol. The van der Waals surface area contributed by atoms with E-state index in [1.165, 1.54) is 0 Å². The molecule has 1 aliphatic heterocycles. The molecule has 1 aromatic carbocycles. The van der Waals surface area contributed by atoms with Crippen LogP contribution in [0.4, 0.5) is 0 Å². The summed E-state index contributed by atoms with van der Waals surface area (Å²) in [5.41, 5.74) is 1.33. The van der Waals surface area contributed by atoms with E-state index in [1.54, 1.807) is 26.8 Å². The average Bonchev–Trinajstić information content (AvgIpc) is 2.82. The Bertz CT molecular complexity index is 690. The van der Waals surface area contributed by atoms with Crippen LogP contribution in [0.1, 0.15) is 45.7 Å². The molecule has 1 aliphatic rings. The first-order valence-electron chi connectivity index (χ1n) is 7.89. The maximum absolute atomic E-state index is 12.4. The molecule has 1 heterocycles. The summed E-state index contributed by atoms with van der Waals surface area (Å²) >= 11 is 0. The number of fused-ring (bicyclic) bond motifs is 1. The van der Waals surface area contributed by atoms with Crippen LogP contribution < -0.4 is 9.47 Å². The molecule has 0 fully saturated rings. The van der Waals surface area contributed by atoms with Gasteiger partial charge in [-0.25, -0.2) is 0 Å². The molecule has 2 rings (SSSR count). The van der Waals surface area contributed by atoms with E-state index in [9.17, 15) is 10.1 Å². The number of carbonyl (C=O) groups excluding carboxylic acids is 1. The van der Waals surface area contributed by atoms with E-state index in [2.05, 4.69) is 0 Å². The second kappa shape index (κ2) is 6.45. The summed E-state index contributed by atoms with van der Waals surface area (Å²) in [5.74, 6) is 1.29. The van der Waals surface area contributed by atoms with E-state index in [0.29, 0.717) is 17.9 Å². The van der Waals surface area contributed by atoms with Crippen LogP contribution in [0.25, 0.3) is 6.08 Å². The molecular weight excluding hydrogens is 290 g/mol. The molecule has 0 bridgehead atoms. The summed E-state index contributed by atoms with van der Waals surface area (Å²) in [4.78, 5) is 12.4. The van der Waals surface area contributed by atoms with Crippen LogP contribution in [-0.4, -0.2) is 18.5 Å². The molecule has 4 heteroatoms. The smallest absolute Gasteiger partial charge is 0.178 e. The Morgan fingerprint density at radius 2 is 2.17 bits per heavy atom. The van der Waals surface area contributed by atoms with E-state index in [4.69, 9.17) is 9.47 Å². The van der Waals surface area contributed by atoms with Gasteiger partial charge in [0, 0.05) is 23.0 Å². The molecule has 0 aromatic heterocycles. The van der Waals surface area contributed by atoms with E-state index in [1.807, 2.05) is 32.0 Å². The van der Waals surface area contributed by atoms with Crippen LogP contribution in [0.15, 0.2) is 17.7 Å². The van der Waals surface area contributed by atoms with Gasteiger partial charge in [-0.05, 0) is 32.1 Å². The number of nitriles is 1. The number of benzene rings is 1. The number of ketones is 1. The van der Waals surface area contributed by atoms with E-state index >= 15 is 0 Å². The van der Waals surface area contributed by atoms with Crippen molar-refractivity contribution in [3.05, 3.63) is 28.8 Å². The van der Waals surface area contributed by atoms with Gasteiger partial charge < -0.3 is 9.47 Å². The lowest BCUT2D eigenvalue weighted by Gasteiger charge is -2.16. The molecule has 4 nitrogen and oxygen atoms in total. The maximum Gasteiger partial charge on any atom is 0.178 e. The molecule has 0 radical (unpaired) electrons. The largest absolute Gasteiger partial charge is 0.493 e. The zero-order valence-corrected chi connectivity index (χ0v) is 14.4. The van der Waals surface area contributed by atoms with Gasteiger partial charge in [0.25, 0.3) is 0 Å². The molecule has 1 atom stereocenters. The normalized spacial score (nSPS) is 17.2. The monoisotopic (exact) mass is 313 g/mol. The van der Waals surface area contributed by atoms with Gasteiger partial charge in [-0.3, -0.25) is 4.79 Å². The molecule has 0 N–H and O–H groups in total. The van der Waals surface area contributed by atoms with Crippen LogP contribution in [0, 0.1) is 16.7 Å². The van der Waals surface area contributed by atoms with Crippen molar-refractivity contribution in [1.29, 1.82) is 5.26 Å². The Morgan fingerprint density at radius 1 is 1.48 bits per heavy atom. The molecule has 0 spiro atoms. The van der Waals surface area contributed by atoms with E-state index in [-0.39, 0.29) is 17.5 Å². The van der Waals surface area contributed by atoms with Crippen molar-refractivity contribution in [2.75, 3.05) is 6.61 Å². The number of hydrogen-bond donors (Lipinski definition) is 0. The molecule has 0 aliphatic carbocycles. The molecule has 122 valence electrons. The zero-order valence-electron chi connectivity index (χ0n) is 14.4. The number of Topliss-reactive ketones (excluding diaryl/α,β-unsaturated/α-hetero) is 1. The van der Waals surface area contributed by atoms with Crippen LogP contribution in [0.2, 0.25) is 0 Å². The second-order valence-electron chi connectivity index (χ2n) is 6.81. The highest BCUT2D eigenvalue weighted by Gasteiger charge is 2.26. The molecular formula is C19H23NO3. The number of nitrogens with zero attached hydrogens (tertiary/aromatic N) is 1. The first kappa shape index (κ1) is 17.1. The summed E-state index contributed by atoms with van der Waals surface area (Å²) in [7, 11) is 0. The Morgan fingerprint density at radius 3 is 2.74 bits per heavy atom. The fourth-order valence-electron chi connectivity index (χ4n) is 2.56. The fourth-order valence-corrected chi connectivity index (χ4v) is 2.56. The summed E-state index contributed by atoms with van der Waals surface area (Å²) < 4.78 is 11.5. The standard InChI is InChI=1S/C19H23NO3/c1-6-22-16-9-13-7-12(2)23-17(13)10-14(16)8-15(11-20)18(21)19(3,4)5/h8-10,12H,6-7H2,1-5H3/b15-8+/t12-/m0/s1.